The molecule has 0 aliphatic carbocycles. The molecular formula is C13H12BrNO3. The second kappa shape index (κ2) is 5.84. The van der Waals surface area contributed by atoms with Crippen LogP contribution < -0.4 is 5.32 Å². The van der Waals surface area contributed by atoms with Gasteiger partial charge in [-0.25, -0.2) is 0 Å². The molecule has 2 rings (SSSR count). The summed E-state index contributed by atoms with van der Waals surface area (Å²) in [6, 6.07) is 10.4. The van der Waals surface area contributed by atoms with Gasteiger partial charge in [0.1, 0.15) is 0 Å². The van der Waals surface area contributed by atoms with Gasteiger partial charge in [-0.1, -0.05) is 30.3 Å². The van der Waals surface area contributed by atoms with Crippen LogP contribution in [0.2, 0.25) is 0 Å². The molecule has 0 aliphatic heterocycles. The number of hydrogen-bond donors (Lipinski definition) is 2. The van der Waals surface area contributed by atoms with E-state index in [1.54, 1.807) is 6.07 Å². The molecule has 94 valence electrons. The van der Waals surface area contributed by atoms with Gasteiger partial charge in [-0.3, -0.25) is 4.79 Å². The highest BCUT2D eigenvalue weighted by atomic mass is 79.9. The Morgan fingerprint density at radius 3 is 2.61 bits per heavy atom. The quantitative estimate of drug-likeness (QED) is 0.912. The molecule has 2 aromatic rings. The minimum Gasteiger partial charge on any atom is -0.457 e. The van der Waals surface area contributed by atoms with Gasteiger partial charge in [0.15, 0.2) is 4.67 Å². The van der Waals surface area contributed by atoms with Crippen molar-refractivity contribution in [2.45, 2.75) is 6.04 Å². The van der Waals surface area contributed by atoms with Gasteiger partial charge in [-0.2, -0.15) is 0 Å². The monoisotopic (exact) mass is 309 g/mol. The maximum absolute atomic E-state index is 12.0. The summed E-state index contributed by atoms with van der Waals surface area (Å²) < 4.78 is 5.38. The summed E-state index contributed by atoms with van der Waals surface area (Å²) >= 11 is 3.14. The molecule has 5 heteroatoms. The third-order valence-electron chi connectivity index (χ3n) is 2.55. The summed E-state index contributed by atoms with van der Waals surface area (Å²) in [4.78, 5) is 12.0. The fourth-order valence-corrected chi connectivity index (χ4v) is 2.03. The van der Waals surface area contributed by atoms with Gasteiger partial charge in [0.05, 0.1) is 24.5 Å². The summed E-state index contributed by atoms with van der Waals surface area (Å²) in [5.41, 5.74) is 1.26. The molecule has 1 unspecified atom stereocenters. The molecule has 1 amide bonds. The zero-order valence-corrected chi connectivity index (χ0v) is 11.1. The molecule has 0 aliphatic rings. The Morgan fingerprint density at radius 2 is 2.06 bits per heavy atom. The fourth-order valence-electron chi connectivity index (χ4n) is 1.61. The first-order chi connectivity index (χ1) is 8.72. The van der Waals surface area contributed by atoms with Crippen molar-refractivity contribution in [3.63, 3.8) is 0 Å². The molecule has 0 radical (unpaired) electrons. The van der Waals surface area contributed by atoms with Crippen LogP contribution in [0.4, 0.5) is 0 Å². The lowest BCUT2D eigenvalue weighted by molar-refractivity contribution is 0.0914. The van der Waals surface area contributed by atoms with Gasteiger partial charge >= 0.3 is 0 Å². The molecule has 0 spiro atoms. The van der Waals surface area contributed by atoms with E-state index < -0.39 is 6.04 Å². The number of rotatable bonds is 4. The molecule has 1 aromatic carbocycles. The largest absolute Gasteiger partial charge is 0.457 e. The highest BCUT2D eigenvalue weighted by molar-refractivity contribution is 9.10. The first-order valence-corrected chi connectivity index (χ1v) is 6.21. The summed E-state index contributed by atoms with van der Waals surface area (Å²) in [6.07, 6.45) is 1.43. The molecular weight excluding hydrogens is 298 g/mol. The van der Waals surface area contributed by atoms with Gasteiger partial charge in [0.2, 0.25) is 0 Å². The first kappa shape index (κ1) is 12.9. The minimum absolute atomic E-state index is 0.161. The number of hydrogen-bond acceptors (Lipinski definition) is 3. The third-order valence-corrected chi connectivity index (χ3v) is 3.17. The maximum atomic E-state index is 12.0. The molecule has 0 fully saturated rings. The number of carbonyl (C=O) groups is 1. The number of halogens is 1. The minimum atomic E-state index is -0.430. The zero-order valence-electron chi connectivity index (χ0n) is 9.47. The zero-order chi connectivity index (χ0) is 13.0. The SMILES string of the molecule is O=C(NC(CO)c1ccccc1)c1ccoc1Br. The molecule has 1 aromatic heterocycles. The number of aliphatic hydroxyl groups is 1. The van der Waals surface area contributed by atoms with Crippen molar-refractivity contribution < 1.29 is 14.3 Å². The number of carbonyl (C=O) groups excluding carboxylic acids is 1. The van der Waals surface area contributed by atoms with E-state index in [4.69, 9.17) is 4.42 Å². The van der Waals surface area contributed by atoms with Crippen LogP contribution in [0.5, 0.6) is 0 Å². The Bertz CT molecular complexity index is 524. The number of furan rings is 1. The van der Waals surface area contributed by atoms with Crippen molar-refractivity contribution in [3.05, 3.63) is 58.5 Å². The average Bonchev–Trinajstić information content (AvgIpc) is 2.83. The van der Waals surface area contributed by atoms with Crippen molar-refractivity contribution >= 4 is 21.8 Å². The molecule has 4 nitrogen and oxygen atoms in total. The van der Waals surface area contributed by atoms with Crippen molar-refractivity contribution in [2.75, 3.05) is 6.61 Å². The van der Waals surface area contributed by atoms with E-state index in [0.29, 0.717) is 10.2 Å². The Balaban J connectivity index is 2.13. The molecule has 2 N–H and O–H groups in total. The van der Waals surface area contributed by atoms with Gasteiger partial charge < -0.3 is 14.8 Å². The second-order valence-corrected chi connectivity index (χ2v) is 4.45. The van der Waals surface area contributed by atoms with Crippen LogP contribution in [0.3, 0.4) is 0 Å². The highest BCUT2D eigenvalue weighted by Gasteiger charge is 2.17. The maximum Gasteiger partial charge on any atom is 0.256 e. The average molecular weight is 310 g/mol. The summed E-state index contributed by atoms with van der Waals surface area (Å²) in [7, 11) is 0. The summed E-state index contributed by atoms with van der Waals surface area (Å²) in [6.45, 7) is -0.161. The van der Waals surface area contributed by atoms with Crippen LogP contribution in [0.15, 0.2) is 51.7 Å². The number of amides is 1. The topological polar surface area (TPSA) is 62.5 Å². The normalized spacial score (nSPS) is 12.1. The predicted molar refractivity (Wildman–Crippen MR) is 70.1 cm³/mol. The lowest BCUT2D eigenvalue weighted by Crippen LogP contribution is -2.30. The van der Waals surface area contributed by atoms with Gasteiger partial charge in [-0.15, -0.1) is 0 Å². The molecule has 1 atom stereocenters. The standard InChI is InChI=1S/C13H12BrNO3/c14-12-10(6-7-18-12)13(17)15-11(8-16)9-4-2-1-3-5-9/h1-7,11,16H,8H2,(H,15,17). The van der Waals surface area contributed by atoms with Crippen molar-refractivity contribution in [2.24, 2.45) is 0 Å². The first-order valence-electron chi connectivity index (χ1n) is 5.42. The predicted octanol–water partition coefficient (Wildman–Crippen LogP) is 2.51. The number of benzene rings is 1. The molecule has 0 bridgehead atoms. The Morgan fingerprint density at radius 1 is 1.33 bits per heavy atom. The summed E-state index contributed by atoms with van der Waals surface area (Å²) in [5.74, 6) is -0.293. The van der Waals surface area contributed by atoms with Crippen LogP contribution in [0.1, 0.15) is 22.0 Å². The van der Waals surface area contributed by atoms with Crippen LogP contribution in [0, 0.1) is 0 Å². The Labute approximate surface area is 113 Å². The van der Waals surface area contributed by atoms with Gasteiger partial charge in [0.25, 0.3) is 5.91 Å². The van der Waals surface area contributed by atoms with Crippen molar-refractivity contribution in [1.29, 1.82) is 0 Å². The number of nitrogens with one attached hydrogen (secondary N) is 1. The van der Waals surface area contributed by atoms with E-state index in [9.17, 15) is 9.90 Å². The van der Waals surface area contributed by atoms with E-state index in [1.807, 2.05) is 30.3 Å². The van der Waals surface area contributed by atoms with E-state index in [0.717, 1.165) is 5.56 Å². The molecule has 1 heterocycles. The Kier molecular flexibility index (Phi) is 4.17. The second-order valence-electron chi connectivity index (χ2n) is 3.73. The van der Waals surface area contributed by atoms with Gasteiger partial charge in [0, 0.05) is 0 Å². The van der Waals surface area contributed by atoms with Crippen molar-refractivity contribution in [1.82, 2.24) is 5.32 Å². The van der Waals surface area contributed by atoms with E-state index in [2.05, 4.69) is 21.2 Å². The lowest BCUT2D eigenvalue weighted by Gasteiger charge is -2.16. The molecule has 18 heavy (non-hydrogen) atoms. The highest BCUT2D eigenvalue weighted by Crippen LogP contribution is 2.19. The van der Waals surface area contributed by atoms with Crippen LogP contribution in [-0.4, -0.2) is 17.6 Å². The lowest BCUT2D eigenvalue weighted by atomic mass is 10.1. The fraction of sp³-hybridized carbons (Fsp3) is 0.154. The summed E-state index contributed by atoms with van der Waals surface area (Å²) in [5, 5.41) is 12.1. The van der Waals surface area contributed by atoms with Gasteiger partial charge in [-0.05, 0) is 27.6 Å². The molecule has 0 saturated heterocycles. The third kappa shape index (κ3) is 2.80. The van der Waals surface area contributed by atoms with Crippen molar-refractivity contribution in [3.8, 4) is 0 Å². The number of aliphatic hydroxyl groups excluding tert-OH is 1. The van der Waals surface area contributed by atoms with E-state index >= 15 is 0 Å². The van der Waals surface area contributed by atoms with Crippen LogP contribution in [0.25, 0.3) is 0 Å². The molecule has 0 saturated carbocycles. The smallest absolute Gasteiger partial charge is 0.256 e. The van der Waals surface area contributed by atoms with E-state index in [1.165, 1.54) is 6.26 Å². The van der Waals surface area contributed by atoms with Crippen LogP contribution >= 0.6 is 15.9 Å². The Hall–Kier alpha value is -1.59. The van der Waals surface area contributed by atoms with E-state index in [-0.39, 0.29) is 12.5 Å². The van der Waals surface area contributed by atoms with Crippen LogP contribution in [-0.2, 0) is 0 Å².